The first-order chi connectivity index (χ1) is 5.83. The number of nitrogens with zero attached hydrogens (tertiary/aromatic N) is 2. The number of hydrogen-bond donors (Lipinski definition) is 1. The SMILES string of the molecule is N#CC(N)CCN1CCOCC1. The summed E-state index contributed by atoms with van der Waals surface area (Å²) in [5.74, 6) is 0. The third-order valence-corrected chi connectivity index (χ3v) is 2.03. The summed E-state index contributed by atoms with van der Waals surface area (Å²) >= 11 is 0. The molecular weight excluding hydrogens is 154 g/mol. The van der Waals surface area contributed by atoms with Gasteiger partial charge in [0.1, 0.15) is 0 Å². The van der Waals surface area contributed by atoms with Crippen LogP contribution in [0.4, 0.5) is 0 Å². The van der Waals surface area contributed by atoms with Gasteiger partial charge in [0.25, 0.3) is 0 Å². The summed E-state index contributed by atoms with van der Waals surface area (Å²) in [7, 11) is 0. The van der Waals surface area contributed by atoms with E-state index in [0.717, 1.165) is 39.3 Å². The Hall–Kier alpha value is -0.630. The summed E-state index contributed by atoms with van der Waals surface area (Å²) in [6.45, 7) is 4.47. The lowest BCUT2D eigenvalue weighted by atomic mass is 10.2. The monoisotopic (exact) mass is 169 g/mol. The first-order valence-electron chi connectivity index (χ1n) is 4.28. The Morgan fingerprint density at radius 2 is 2.17 bits per heavy atom. The van der Waals surface area contributed by atoms with Crippen LogP contribution < -0.4 is 5.73 Å². The minimum absolute atomic E-state index is 0.312. The predicted octanol–water partition coefficient (Wildman–Crippen LogP) is -0.440. The molecule has 0 aromatic heterocycles. The minimum atomic E-state index is -0.312. The normalized spacial score (nSPS) is 21.7. The number of morpholine rings is 1. The van der Waals surface area contributed by atoms with Crippen LogP contribution >= 0.6 is 0 Å². The van der Waals surface area contributed by atoms with Gasteiger partial charge in [-0.15, -0.1) is 0 Å². The fraction of sp³-hybridized carbons (Fsp3) is 0.875. The van der Waals surface area contributed by atoms with Crippen LogP contribution in [0.1, 0.15) is 6.42 Å². The van der Waals surface area contributed by atoms with E-state index in [1.54, 1.807) is 0 Å². The van der Waals surface area contributed by atoms with E-state index >= 15 is 0 Å². The maximum atomic E-state index is 8.45. The highest BCUT2D eigenvalue weighted by molar-refractivity contribution is 4.86. The fourth-order valence-corrected chi connectivity index (χ4v) is 1.21. The van der Waals surface area contributed by atoms with Crippen molar-refractivity contribution in [2.75, 3.05) is 32.8 Å². The maximum absolute atomic E-state index is 8.45. The number of nitrogens with two attached hydrogens (primary N) is 1. The largest absolute Gasteiger partial charge is 0.379 e. The van der Waals surface area contributed by atoms with Gasteiger partial charge in [-0.1, -0.05) is 0 Å². The molecule has 1 fully saturated rings. The molecule has 1 atom stereocenters. The molecule has 0 radical (unpaired) electrons. The Bertz CT molecular complexity index is 160. The van der Waals surface area contributed by atoms with E-state index in [4.69, 9.17) is 15.7 Å². The van der Waals surface area contributed by atoms with Gasteiger partial charge in [0.2, 0.25) is 0 Å². The van der Waals surface area contributed by atoms with E-state index in [1.807, 2.05) is 6.07 Å². The van der Waals surface area contributed by atoms with E-state index < -0.39 is 0 Å². The van der Waals surface area contributed by atoms with Gasteiger partial charge in [0.15, 0.2) is 0 Å². The van der Waals surface area contributed by atoms with Crippen molar-refractivity contribution in [3.05, 3.63) is 0 Å². The van der Waals surface area contributed by atoms with Crippen molar-refractivity contribution >= 4 is 0 Å². The van der Waals surface area contributed by atoms with Gasteiger partial charge in [0.05, 0.1) is 25.3 Å². The minimum Gasteiger partial charge on any atom is -0.379 e. The maximum Gasteiger partial charge on any atom is 0.0940 e. The first-order valence-corrected chi connectivity index (χ1v) is 4.28. The average Bonchev–Trinajstić information content (AvgIpc) is 2.16. The highest BCUT2D eigenvalue weighted by Crippen LogP contribution is 1.98. The first kappa shape index (κ1) is 9.46. The third kappa shape index (κ3) is 3.18. The van der Waals surface area contributed by atoms with Crippen LogP contribution in [-0.4, -0.2) is 43.8 Å². The summed E-state index contributed by atoms with van der Waals surface area (Å²) in [5, 5.41) is 8.45. The number of hydrogen-bond acceptors (Lipinski definition) is 4. The van der Waals surface area contributed by atoms with Crippen molar-refractivity contribution in [1.82, 2.24) is 4.90 Å². The van der Waals surface area contributed by atoms with Crippen LogP contribution in [-0.2, 0) is 4.74 Å². The zero-order valence-electron chi connectivity index (χ0n) is 7.20. The Balaban J connectivity index is 2.10. The van der Waals surface area contributed by atoms with Crippen molar-refractivity contribution in [2.24, 2.45) is 5.73 Å². The predicted molar refractivity (Wildman–Crippen MR) is 45.5 cm³/mol. The highest BCUT2D eigenvalue weighted by atomic mass is 16.5. The molecule has 0 saturated carbocycles. The number of ether oxygens (including phenoxy) is 1. The second-order valence-corrected chi connectivity index (χ2v) is 2.98. The van der Waals surface area contributed by atoms with E-state index in [-0.39, 0.29) is 6.04 Å². The summed E-state index contributed by atoms with van der Waals surface area (Å²) in [4.78, 5) is 2.28. The van der Waals surface area contributed by atoms with Crippen LogP contribution in [0.5, 0.6) is 0 Å². The van der Waals surface area contributed by atoms with E-state index in [2.05, 4.69) is 4.90 Å². The van der Waals surface area contributed by atoms with Crippen molar-refractivity contribution in [2.45, 2.75) is 12.5 Å². The van der Waals surface area contributed by atoms with Gasteiger partial charge < -0.3 is 10.5 Å². The zero-order valence-corrected chi connectivity index (χ0v) is 7.20. The second-order valence-electron chi connectivity index (χ2n) is 2.98. The molecule has 1 heterocycles. The van der Waals surface area contributed by atoms with E-state index in [0.29, 0.717) is 0 Å². The fourth-order valence-electron chi connectivity index (χ4n) is 1.21. The Morgan fingerprint density at radius 3 is 2.75 bits per heavy atom. The summed E-state index contributed by atoms with van der Waals surface area (Å²) in [6.07, 6.45) is 0.760. The molecule has 0 aromatic carbocycles. The number of rotatable bonds is 3. The lowest BCUT2D eigenvalue weighted by Gasteiger charge is -2.26. The van der Waals surface area contributed by atoms with Crippen LogP contribution in [0, 0.1) is 11.3 Å². The van der Waals surface area contributed by atoms with Gasteiger partial charge >= 0.3 is 0 Å². The quantitative estimate of drug-likeness (QED) is 0.622. The highest BCUT2D eigenvalue weighted by Gasteiger charge is 2.10. The van der Waals surface area contributed by atoms with Crippen molar-refractivity contribution in [3.8, 4) is 6.07 Å². The van der Waals surface area contributed by atoms with Crippen molar-refractivity contribution in [3.63, 3.8) is 0 Å². The molecular formula is C8H15N3O. The lowest BCUT2D eigenvalue weighted by Crippen LogP contribution is -2.38. The molecule has 4 nitrogen and oxygen atoms in total. The van der Waals surface area contributed by atoms with Crippen LogP contribution in [0.25, 0.3) is 0 Å². The van der Waals surface area contributed by atoms with Crippen molar-refractivity contribution in [1.29, 1.82) is 5.26 Å². The van der Waals surface area contributed by atoms with Gasteiger partial charge in [-0.2, -0.15) is 5.26 Å². The Morgan fingerprint density at radius 1 is 1.50 bits per heavy atom. The van der Waals surface area contributed by atoms with Gasteiger partial charge in [0, 0.05) is 19.6 Å². The standard InChI is InChI=1S/C8H15N3O/c9-7-8(10)1-2-11-3-5-12-6-4-11/h8H,1-6,10H2. The second kappa shape index (κ2) is 5.09. The van der Waals surface area contributed by atoms with Gasteiger partial charge in [-0.05, 0) is 6.42 Å². The molecule has 1 rings (SSSR count). The molecule has 4 heteroatoms. The molecule has 1 unspecified atom stereocenters. The molecule has 1 aliphatic rings. The summed E-state index contributed by atoms with van der Waals surface area (Å²) < 4.78 is 5.19. The molecule has 68 valence electrons. The van der Waals surface area contributed by atoms with Gasteiger partial charge in [-0.3, -0.25) is 4.90 Å². The van der Waals surface area contributed by atoms with Gasteiger partial charge in [-0.25, -0.2) is 0 Å². The topological polar surface area (TPSA) is 62.3 Å². The van der Waals surface area contributed by atoms with E-state index in [1.165, 1.54) is 0 Å². The van der Waals surface area contributed by atoms with Crippen LogP contribution in [0.2, 0.25) is 0 Å². The van der Waals surface area contributed by atoms with Crippen molar-refractivity contribution < 1.29 is 4.74 Å². The van der Waals surface area contributed by atoms with E-state index in [9.17, 15) is 0 Å². The molecule has 0 aromatic rings. The zero-order chi connectivity index (χ0) is 8.81. The molecule has 12 heavy (non-hydrogen) atoms. The Labute approximate surface area is 72.9 Å². The molecule has 0 spiro atoms. The van der Waals surface area contributed by atoms with Crippen LogP contribution in [0.15, 0.2) is 0 Å². The number of nitriles is 1. The molecule has 0 aliphatic carbocycles. The molecule has 1 saturated heterocycles. The third-order valence-electron chi connectivity index (χ3n) is 2.03. The molecule has 1 aliphatic heterocycles. The summed E-state index contributed by atoms with van der Waals surface area (Å²) in [6, 6.07) is 1.71. The molecule has 0 amide bonds. The Kier molecular flexibility index (Phi) is 4.01. The molecule has 0 bridgehead atoms. The smallest absolute Gasteiger partial charge is 0.0940 e. The lowest BCUT2D eigenvalue weighted by molar-refractivity contribution is 0.0371. The van der Waals surface area contributed by atoms with Crippen LogP contribution in [0.3, 0.4) is 0 Å². The summed E-state index contributed by atoms with van der Waals surface area (Å²) in [5.41, 5.74) is 5.47. The average molecular weight is 169 g/mol. The molecule has 2 N–H and O–H groups in total.